The van der Waals surface area contributed by atoms with Gasteiger partial charge in [0, 0.05) is 24.2 Å². The predicted octanol–water partition coefficient (Wildman–Crippen LogP) is 4.47. The van der Waals surface area contributed by atoms with Crippen molar-refractivity contribution >= 4 is 16.7 Å². The topological polar surface area (TPSA) is 72.8 Å². The summed E-state index contributed by atoms with van der Waals surface area (Å²) in [7, 11) is 1.72. The van der Waals surface area contributed by atoms with E-state index in [-0.39, 0.29) is 5.56 Å². The number of benzene rings is 2. The molecule has 146 valence electrons. The van der Waals surface area contributed by atoms with Gasteiger partial charge in [-0.15, -0.1) is 0 Å². The normalized spacial score (nSPS) is 10.9. The van der Waals surface area contributed by atoms with Crippen LogP contribution in [-0.4, -0.2) is 33.6 Å². The van der Waals surface area contributed by atoms with Crippen LogP contribution in [0.5, 0.6) is 5.75 Å². The summed E-state index contributed by atoms with van der Waals surface area (Å²) in [5.74, 6) is -0.473. The number of halogens is 2. The first kappa shape index (κ1) is 18.7. The number of nitrogens with one attached hydrogen (secondary N) is 1. The molecule has 8 heteroatoms. The van der Waals surface area contributed by atoms with E-state index >= 15 is 0 Å². The van der Waals surface area contributed by atoms with Crippen molar-refractivity contribution in [2.24, 2.45) is 0 Å². The summed E-state index contributed by atoms with van der Waals surface area (Å²) in [5.41, 5.74) is 1.70. The lowest BCUT2D eigenvalue weighted by atomic mass is 10.0. The van der Waals surface area contributed by atoms with Crippen LogP contribution in [0.3, 0.4) is 0 Å². The van der Waals surface area contributed by atoms with Crippen LogP contribution in [0.2, 0.25) is 0 Å². The highest BCUT2D eigenvalue weighted by molar-refractivity contribution is 5.97. The van der Waals surface area contributed by atoms with Crippen LogP contribution in [0.4, 0.5) is 14.6 Å². The van der Waals surface area contributed by atoms with E-state index in [0.29, 0.717) is 46.2 Å². The van der Waals surface area contributed by atoms with Crippen LogP contribution in [-0.2, 0) is 0 Å². The molecule has 2 aromatic heterocycles. The summed E-state index contributed by atoms with van der Waals surface area (Å²) in [4.78, 5) is 17.3. The first-order valence-corrected chi connectivity index (χ1v) is 8.99. The smallest absolute Gasteiger partial charge is 0.181 e. The highest BCUT2D eigenvalue weighted by Crippen LogP contribution is 2.36. The molecule has 4 aromatic rings. The van der Waals surface area contributed by atoms with Gasteiger partial charge in [-0.2, -0.15) is 0 Å². The number of nitrogens with zero attached hydrogens (tertiary/aromatic N) is 4. The van der Waals surface area contributed by atoms with E-state index in [2.05, 4.69) is 25.3 Å². The van der Waals surface area contributed by atoms with Crippen LogP contribution in [0.25, 0.3) is 33.5 Å². The largest absolute Gasteiger partial charge is 0.492 e. The van der Waals surface area contributed by atoms with Crippen LogP contribution in [0, 0.1) is 11.6 Å². The monoisotopic (exact) mass is 393 g/mol. The van der Waals surface area contributed by atoms with Crippen LogP contribution in [0.15, 0.2) is 48.9 Å². The number of anilines is 1. The Hall–Kier alpha value is -3.68. The van der Waals surface area contributed by atoms with Gasteiger partial charge >= 0.3 is 0 Å². The fourth-order valence-corrected chi connectivity index (χ4v) is 3.08. The van der Waals surface area contributed by atoms with Crippen LogP contribution in [0.1, 0.15) is 6.92 Å². The minimum atomic E-state index is -0.918. The fraction of sp³-hybridized carbons (Fsp3) is 0.143. The lowest BCUT2D eigenvalue weighted by Crippen LogP contribution is -2.03. The maximum atomic E-state index is 14.4. The average Bonchev–Trinajstić information content (AvgIpc) is 2.75. The molecule has 0 aliphatic heterocycles. The van der Waals surface area contributed by atoms with E-state index in [1.54, 1.807) is 31.4 Å². The Balaban J connectivity index is 2.00. The standard InChI is InChI=1S/C21H17F2N5O/c1-3-29-17-10-12(13-5-4-6-15(22)18(13)23)9-14-19(17)27-21(28-20(14)24-2)16-7-8-25-11-26-16/h4-11H,3H2,1-2H3,(H,24,27,28). The number of rotatable bonds is 5. The quantitative estimate of drug-likeness (QED) is 0.539. The molecule has 2 aromatic carbocycles. The number of hydrogen-bond acceptors (Lipinski definition) is 6. The predicted molar refractivity (Wildman–Crippen MR) is 107 cm³/mol. The Labute approximate surface area is 165 Å². The minimum absolute atomic E-state index is 0.134. The Morgan fingerprint density at radius 3 is 2.69 bits per heavy atom. The van der Waals surface area contributed by atoms with Gasteiger partial charge in [0.15, 0.2) is 17.5 Å². The molecule has 0 unspecified atom stereocenters. The molecule has 0 aliphatic carbocycles. The molecule has 0 spiro atoms. The number of ether oxygens (including phenoxy) is 1. The van der Waals surface area contributed by atoms with Gasteiger partial charge in [0.25, 0.3) is 0 Å². The minimum Gasteiger partial charge on any atom is -0.492 e. The Kier molecular flexibility index (Phi) is 4.99. The molecule has 0 atom stereocenters. The van der Waals surface area contributed by atoms with Crippen molar-refractivity contribution in [3.8, 4) is 28.4 Å². The molecular formula is C21H17F2N5O. The Morgan fingerprint density at radius 1 is 1.10 bits per heavy atom. The van der Waals surface area contributed by atoms with Gasteiger partial charge in [-0.3, -0.25) is 0 Å². The van der Waals surface area contributed by atoms with E-state index in [0.717, 1.165) is 6.07 Å². The molecule has 0 saturated carbocycles. The van der Waals surface area contributed by atoms with E-state index in [9.17, 15) is 8.78 Å². The summed E-state index contributed by atoms with van der Waals surface area (Å²) in [6.45, 7) is 2.22. The zero-order chi connectivity index (χ0) is 20.4. The number of aromatic nitrogens is 4. The summed E-state index contributed by atoms with van der Waals surface area (Å²) in [6.07, 6.45) is 3.02. The third kappa shape index (κ3) is 3.44. The third-order valence-corrected chi connectivity index (χ3v) is 4.38. The molecule has 29 heavy (non-hydrogen) atoms. The Morgan fingerprint density at radius 2 is 1.97 bits per heavy atom. The summed E-state index contributed by atoms with van der Waals surface area (Å²) < 4.78 is 33.9. The molecule has 0 bridgehead atoms. The molecule has 4 rings (SSSR count). The van der Waals surface area contributed by atoms with Gasteiger partial charge in [-0.05, 0) is 36.8 Å². The zero-order valence-corrected chi connectivity index (χ0v) is 15.8. The summed E-state index contributed by atoms with van der Waals surface area (Å²) in [5, 5.41) is 3.66. The molecule has 0 fully saturated rings. The number of hydrogen-bond donors (Lipinski definition) is 1. The van der Waals surface area contributed by atoms with E-state index in [1.165, 1.54) is 18.5 Å². The van der Waals surface area contributed by atoms with Crippen molar-refractivity contribution in [3.05, 3.63) is 60.6 Å². The van der Waals surface area contributed by atoms with Crippen molar-refractivity contribution < 1.29 is 13.5 Å². The fourth-order valence-electron chi connectivity index (χ4n) is 3.08. The zero-order valence-electron chi connectivity index (χ0n) is 15.8. The molecule has 0 radical (unpaired) electrons. The molecular weight excluding hydrogens is 376 g/mol. The van der Waals surface area contributed by atoms with Crippen molar-refractivity contribution in [2.45, 2.75) is 6.92 Å². The van der Waals surface area contributed by atoms with E-state index in [1.807, 2.05) is 6.92 Å². The second-order valence-electron chi connectivity index (χ2n) is 6.15. The van der Waals surface area contributed by atoms with Gasteiger partial charge in [0.1, 0.15) is 29.1 Å². The van der Waals surface area contributed by atoms with Crippen LogP contribution < -0.4 is 10.1 Å². The van der Waals surface area contributed by atoms with E-state index in [4.69, 9.17) is 4.74 Å². The van der Waals surface area contributed by atoms with Gasteiger partial charge in [-0.1, -0.05) is 12.1 Å². The lowest BCUT2D eigenvalue weighted by molar-refractivity contribution is 0.344. The lowest BCUT2D eigenvalue weighted by Gasteiger charge is -2.14. The maximum absolute atomic E-state index is 14.4. The molecule has 0 aliphatic rings. The highest BCUT2D eigenvalue weighted by atomic mass is 19.2. The average molecular weight is 393 g/mol. The molecule has 6 nitrogen and oxygen atoms in total. The molecule has 2 heterocycles. The maximum Gasteiger partial charge on any atom is 0.181 e. The summed E-state index contributed by atoms with van der Waals surface area (Å²) in [6, 6.07) is 9.14. The first-order valence-electron chi connectivity index (χ1n) is 8.99. The molecule has 0 amide bonds. The van der Waals surface area contributed by atoms with Crippen LogP contribution >= 0.6 is 0 Å². The second kappa shape index (κ2) is 7.75. The highest BCUT2D eigenvalue weighted by Gasteiger charge is 2.18. The Bertz CT molecular complexity index is 1180. The van der Waals surface area contributed by atoms with Gasteiger partial charge < -0.3 is 10.1 Å². The van der Waals surface area contributed by atoms with Crippen molar-refractivity contribution in [2.75, 3.05) is 19.0 Å². The molecule has 0 saturated heterocycles. The number of fused-ring (bicyclic) bond motifs is 1. The molecule has 1 N–H and O–H groups in total. The summed E-state index contributed by atoms with van der Waals surface area (Å²) >= 11 is 0. The van der Waals surface area contributed by atoms with E-state index < -0.39 is 11.6 Å². The van der Waals surface area contributed by atoms with Gasteiger partial charge in [0.2, 0.25) is 0 Å². The third-order valence-electron chi connectivity index (χ3n) is 4.38. The van der Waals surface area contributed by atoms with Crippen molar-refractivity contribution in [3.63, 3.8) is 0 Å². The van der Waals surface area contributed by atoms with Crippen molar-refractivity contribution in [1.29, 1.82) is 0 Å². The van der Waals surface area contributed by atoms with Crippen molar-refractivity contribution in [1.82, 2.24) is 19.9 Å². The van der Waals surface area contributed by atoms with Gasteiger partial charge in [-0.25, -0.2) is 28.7 Å². The SMILES string of the molecule is CCOc1cc(-c2cccc(F)c2F)cc2c(NC)nc(-c3ccncn3)nc12. The van der Waals surface area contributed by atoms with Gasteiger partial charge in [0.05, 0.1) is 6.61 Å². The second-order valence-corrected chi connectivity index (χ2v) is 6.15. The first-order chi connectivity index (χ1) is 14.1.